The molecule has 0 fully saturated rings. The van der Waals surface area contributed by atoms with E-state index in [-0.39, 0.29) is 0 Å². The van der Waals surface area contributed by atoms with Crippen LogP contribution >= 0.6 is 0 Å². The molecule has 0 aliphatic carbocycles. The van der Waals surface area contributed by atoms with Crippen LogP contribution in [-0.2, 0) is 0 Å². The predicted octanol–water partition coefficient (Wildman–Crippen LogP) is 8.50. The van der Waals surface area contributed by atoms with E-state index < -0.39 is 0 Å². The number of benzene rings is 5. The summed E-state index contributed by atoms with van der Waals surface area (Å²) in [5.41, 5.74) is 8.47. The molecular formula is C32H21N3O. The third kappa shape index (κ3) is 4.11. The second-order valence-corrected chi connectivity index (χ2v) is 8.44. The molecule has 0 spiro atoms. The van der Waals surface area contributed by atoms with Crippen LogP contribution in [0.4, 0.5) is 17.1 Å². The van der Waals surface area contributed by atoms with Gasteiger partial charge in [-0.25, -0.2) is 4.98 Å². The van der Waals surface area contributed by atoms with Crippen molar-refractivity contribution >= 4 is 28.2 Å². The van der Waals surface area contributed by atoms with Crippen molar-refractivity contribution in [3.05, 3.63) is 133 Å². The Balaban J connectivity index is 1.38. The van der Waals surface area contributed by atoms with Crippen molar-refractivity contribution in [1.29, 1.82) is 5.26 Å². The molecule has 6 aromatic rings. The van der Waals surface area contributed by atoms with Crippen molar-refractivity contribution in [1.82, 2.24) is 4.98 Å². The summed E-state index contributed by atoms with van der Waals surface area (Å²) in [5, 5.41) is 9.25. The molecule has 4 nitrogen and oxygen atoms in total. The summed E-state index contributed by atoms with van der Waals surface area (Å²) in [6, 6.07) is 44.6. The van der Waals surface area contributed by atoms with E-state index >= 15 is 0 Å². The molecule has 0 bridgehead atoms. The number of para-hydroxylation sites is 2. The fourth-order valence-electron chi connectivity index (χ4n) is 4.31. The van der Waals surface area contributed by atoms with Crippen molar-refractivity contribution in [2.75, 3.05) is 4.90 Å². The molecule has 0 unspecified atom stereocenters. The normalized spacial score (nSPS) is 10.8. The summed E-state index contributed by atoms with van der Waals surface area (Å²) >= 11 is 0. The van der Waals surface area contributed by atoms with Crippen LogP contribution in [0.3, 0.4) is 0 Å². The van der Waals surface area contributed by atoms with E-state index in [0.29, 0.717) is 11.5 Å². The number of nitrogens with zero attached hydrogens (tertiary/aromatic N) is 3. The molecule has 4 heteroatoms. The molecule has 1 heterocycles. The van der Waals surface area contributed by atoms with Crippen LogP contribution < -0.4 is 4.90 Å². The van der Waals surface area contributed by atoms with Crippen LogP contribution in [0.5, 0.6) is 0 Å². The molecule has 0 aliphatic rings. The highest BCUT2D eigenvalue weighted by atomic mass is 16.3. The van der Waals surface area contributed by atoms with Gasteiger partial charge in [0.1, 0.15) is 5.52 Å². The number of aromatic nitrogens is 1. The lowest BCUT2D eigenvalue weighted by Gasteiger charge is -2.26. The van der Waals surface area contributed by atoms with Gasteiger partial charge in [-0.2, -0.15) is 5.26 Å². The molecule has 170 valence electrons. The summed E-state index contributed by atoms with van der Waals surface area (Å²) in [6.45, 7) is 0. The number of fused-ring (bicyclic) bond motifs is 1. The molecule has 1 aromatic heterocycles. The van der Waals surface area contributed by atoms with E-state index in [1.807, 2.05) is 78.9 Å². The Morgan fingerprint density at radius 2 is 1.08 bits per heavy atom. The standard InChI is InChI=1S/C32H21N3O/c33-22-23-10-16-27(17-11-23)35(28-18-12-25(13-19-28)24-6-2-1-3-7-24)29-20-14-26(15-21-29)32-34-30-8-4-5-9-31(30)36-32/h1-21H. The molecule has 0 saturated heterocycles. The summed E-state index contributed by atoms with van der Waals surface area (Å²) < 4.78 is 5.95. The number of anilines is 3. The van der Waals surface area contributed by atoms with Gasteiger partial charge in [0.05, 0.1) is 11.6 Å². The summed E-state index contributed by atoms with van der Waals surface area (Å²) in [7, 11) is 0. The zero-order valence-corrected chi connectivity index (χ0v) is 19.4. The third-order valence-corrected chi connectivity index (χ3v) is 6.15. The highest BCUT2D eigenvalue weighted by Crippen LogP contribution is 2.37. The van der Waals surface area contributed by atoms with Crippen molar-refractivity contribution in [2.24, 2.45) is 0 Å². The maximum Gasteiger partial charge on any atom is 0.227 e. The van der Waals surface area contributed by atoms with E-state index in [2.05, 4.69) is 64.5 Å². The number of nitriles is 1. The summed E-state index contributed by atoms with van der Waals surface area (Å²) in [6.07, 6.45) is 0. The first-order valence-corrected chi connectivity index (χ1v) is 11.7. The Bertz CT molecular complexity index is 1630. The monoisotopic (exact) mass is 463 g/mol. The zero-order chi connectivity index (χ0) is 24.3. The van der Waals surface area contributed by atoms with Gasteiger partial charge >= 0.3 is 0 Å². The Labute approximate surface area is 209 Å². The molecule has 0 atom stereocenters. The molecule has 0 radical (unpaired) electrons. The van der Waals surface area contributed by atoms with Gasteiger partial charge in [-0.1, -0.05) is 54.6 Å². The first kappa shape index (κ1) is 21.4. The van der Waals surface area contributed by atoms with E-state index in [1.165, 1.54) is 5.56 Å². The van der Waals surface area contributed by atoms with Crippen molar-refractivity contribution in [2.45, 2.75) is 0 Å². The van der Waals surface area contributed by atoms with Gasteiger partial charge in [0.15, 0.2) is 5.58 Å². The van der Waals surface area contributed by atoms with Crippen LogP contribution in [0.25, 0.3) is 33.7 Å². The third-order valence-electron chi connectivity index (χ3n) is 6.15. The highest BCUT2D eigenvalue weighted by molar-refractivity contribution is 5.80. The van der Waals surface area contributed by atoms with Crippen LogP contribution in [0.1, 0.15) is 5.56 Å². The molecule has 0 saturated carbocycles. The summed E-state index contributed by atoms with van der Waals surface area (Å²) in [4.78, 5) is 6.79. The second kappa shape index (κ2) is 9.25. The second-order valence-electron chi connectivity index (χ2n) is 8.44. The van der Waals surface area contributed by atoms with E-state index in [4.69, 9.17) is 4.42 Å². The smallest absolute Gasteiger partial charge is 0.227 e. The lowest BCUT2D eigenvalue weighted by Crippen LogP contribution is -2.09. The lowest BCUT2D eigenvalue weighted by molar-refractivity contribution is 0.620. The first-order valence-electron chi connectivity index (χ1n) is 11.7. The Morgan fingerprint density at radius 1 is 0.556 bits per heavy atom. The van der Waals surface area contributed by atoms with Crippen molar-refractivity contribution in [3.63, 3.8) is 0 Å². The van der Waals surface area contributed by atoms with Gasteiger partial charge in [0, 0.05) is 22.6 Å². The molecule has 5 aromatic carbocycles. The van der Waals surface area contributed by atoms with Gasteiger partial charge in [0.25, 0.3) is 0 Å². The zero-order valence-electron chi connectivity index (χ0n) is 19.4. The Morgan fingerprint density at radius 3 is 1.69 bits per heavy atom. The average molecular weight is 464 g/mol. The Hall–Kier alpha value is -5.14. The molecule has 6 rings (SSSR count). The van der Waals surface area contributed by atoms with Gasteiger partial charge in [-0.15, -0.1) is 0 Å². The maximum atomic E-state index is 9.25. The van der Waals surface area contributed by atoms with Crippen LogP contribution in [0, 0.1) is 11.3 Å². The largest absolute Gasteiger partial charge is 0.436 e. The molecule has 0 amide bonds. The minimum absolute atomic E-state index is 0.597. The molecule has 0 aliphatic heterocycles. The van der Waals surface area contributed by atoms with Crippen molar-refractivity contribution < 1.29 is 4.42 Å². The van der Waals surface area contributed by atoms with Gasteiger partial charge in [-0.05, 0) is 83.9 Å². The minimum Gasteiger partial charge on any atom is -0.436 e. The lowest BCUT2D eigenvalue weighted by atomic mass is 10.0. The minimum atomic E-state index is 0.597. The van der Waals surface area contributed by atoms with Crippen molar-refractivity contribution in [3.8, 4) is 28.7 Å². The molecular weight excluding hydrogens is 442 g/mol. The van der Waals surface area contributed by atoms with Crippen LogP contribution in [0.2, 0.25) is 0 Å². The fraction of sp³-hybridized carbons (Fsp3) is 0. The Kier molecular flexibility index (Phi) is 5.50. The van der Waals surface area contributed by atoms with Gasteiger partial charge in [0.2, 0.25) is 5.89 Å². The number of rotatable bonds is 5. The number of hydrogen-bond acceptors (Lipinski definition) is 4. The molecule has 36 heavy (non-hydrogen) atoms. The van der Waals surface area contributed by atoms with Gasteiger partial charge < -0.3 is 9.32 Å². The van der Waals surface area contributed by atoms with E-state index in [0.717, 1.165) is 39.3 Å². The number of hydrogen-bond donors (Lipinski definition) is 0. The molecule has 0 N–H and O–H groups in total. The number of oxazole rings is 1. The topological polar surface area (TPSA) is 53.1 Å². The maximum absolute atomic E-state index is 9.25. The highest BCUT2D eigenvalue weighted by Gasteiger charge is 2.14. The van der Waals surface area contributed by atoms with E-state index in [1.54, 1.807) is 0 Å². The van der Waals surface area contributed by atoms with Crippen LogP contribution in [-0.4, -0.2) is 4.98 Å². The van der Waals surface area contributed by atoms with Gasteiger partial charge in [-0.3, -0.25) is 0 Å². The predicted molar refractivity (Wildman–Crippen MR) is 144 cm³/mol. The quantitative estimate of drug-likeness (QED) is 0.257. The van der Waals surface area contributed by atoms with E-state index in [9.17, 15) is 5.26 Å². The SMILES string of the molecule is N#Cc1ccc(N(c2ccc(-c3ccccc3)cc2)c2ccc(-c3nc4ccccc4o3)cc2)cc1. The first-order chi connectivity index (χ1) is 17.8. The van der Waals surface area contributed by atoms with Crippen LogP contribution in [0.15, 0.2) is 132 Å². The summed E-state index contributed by atoms with van der Waals surface area (Å²) in [5.74, 6) is 0.597. The average Bonchev–Trinajstić information content (AvgIpc) is 3.39. The fourth-order valence-corrected chi connectivity index (χ4v) is 4.31.